The molecule has 0 fully saturated rings. The lowest BCUT2D eigenvalue weighted by Gasteiger charge is -2.08. The third kappa shape index (κ3) is 4.09. The van der Waals surface area contributed by atoms with Crippen LogP contribution in [0, 0.1) is 5.92 Å². The van der Waals surface area contributed by atoms with Crippen LogP contribution in [0.3, 0.4) is 0 Å². The smallest absolute Gasteiger partial charge is 0.387 e. The average Bonchev–Trinajstić information content (AvgIpc) is 2.80. The predicted octanol–water partition coefficient (Wildman–Crippen LogP) is 3.83. The van der Waals surface area contributed by atoms with Crippen LogP contribution in [0.5, 0.6) is 5.75 Å². The Morgan fingerprint density at radius 1 is 1.32 bits per heavy atom. The predicted molar refractivity (Wildman–Crippen MR) is 75.2 cm³/mol. The number of aliphatic imine (C=N–C) groups is 1. The van der Waals surface area contributed by atoms with Crippen LogP contribution in [0.1, 0.15) is 13.8 Å². The van der Waals surface area contributed by atoms with Crippen LogP contribution in [0.15, 0.2) is 29.3 Å². The van der Waals surface area contributed by atoms with Crippen molar-refractivity contribution in [3.63, 3.8) is 0 Å². The van der Waals surface area contributed by atoms with E-state index in [0.717, 1.165) is 16.6 Å². The van der Waals surface area contributed by atoms with E-state index in [4.69, 9.17) is 0 Å². The Hall–Kier alpha value is -1.30. The molecule has 0 aromatic heterocycles. The summed E-state index contributed by atoms with van der Waals surface area (Å²) in [5.41, 5.74) is 0.817. The molecule has 1 N–H and O–H groups in total. The number of halogens is 2. The molecule has 2 rings (SSSR count). The van der Waals surface area contributed by atoms with E-state index in [-0.39, 0.29) is 5.75 Å². The maximum atomic E-state index is 12.0. The molecule has 1 heterocycles. The second kappa shape index (κ2) is 6.23. The molecule has 0 saturated carbocycles. The average molecular weight is 286 g/mol. The molecular formula is C13H16F2N2OS. The largest absolute Gasteiger partial charge is 0.435 e. The minimum atomic E-state index is -2.79. The summed E-state index contributed by atoms with van der Waals surface area (Å²) in [5, 5.41) is 4.05. The number of nitrogens with zero attached hydrogens (tertiary/aromatic N) is 1. The lowest BCUT2D eigenvalue weighted by atomic mass is 10.1. The fourth-order valence-corrected chi connectivity index (χ4v) is 2.83. The highest BCUT2D eigenvalue weighted by Crippen LogP contribution is 2.25. The minimum absolute atomic E-state index is 0.154. The lowest BCUT2D eigenvalue weighted by molar-refractivity contribution is -0.0498. The SMILES string of the molecule is CC(C)C1CSC(Nc2ccc(OC(F)F)cc2)=N1. The number of hydrogen-bond acceptors (Lipinski definition) is 4. The highest BCUT2D eigenvalue weighted by Gasteiger charge is 2.21. The van der Waals surface area contributed by atoms with Gasteiger partial charge in [0, 0.05) is 11.4 Å². The quantitative estimate of drug-likeness (QED) is 0.913. The number of anilines is 1. The Balaban J connectivity index is 1.95. The number of benzene rings is 1. The normalized spacial score (nSPS) is 18.8. The molecule has 1 aliphatic heterocycles. The highest BCUT2D eigenvalue weighted by atomic mass is 32.2. The number of nitrogens with one attached hydrogen (secondary N) is 1. The van der Waals surface area contributed by atoms with Crippen molar-refractivity contribution in [2.24, 2.45) is 10.9 Å². The summed E-state index contributed by atoms with van der Waals surface area (Å²) in [4.78, 5) is 4.57. The maximum Gasteiger partial charge on any atom is 0.387 e. The number of amidine groups is 1. The first-order valence-corrected chi connectivity index (χ1v) is 7.05. The van der Waals surface area contributed by atoms with Crippen LogP contribution >= 0.6 is 11.8 Å². The Morgan fingerprint density at radius 2 is 2.00 bits per heavy atom. The monoisotopic (exact) mass is 286 g/mol. The van der Waals surface area contributed by atoms with E-state index in [2.05, 4.69) is 28.9 Å². The van der Waals surface area contributed by atoms with E-state index in [1.165, 1.54) is 12.1 Å². The third-order valence-corrected chi connectivity index (χ3v) is 3.76. The summed E-state index contributed by atoms with van der Waals surface area (Å²) in [5.74, 6) is 1.65. The van der Waals surface area contributed by atoms with Crippen molar-refractivity contribution < 1.29 is 13.5 Å². The van der Waals surface area contributed by atoms with Crippen molar-refractivity contribution in [3.05, 3.63) is 24.3 Å². The molecule has 1 aliphatic rings. The molecule has 104 valence electrons. The highest BCUT2D eigenvalue weighted by molar-refractivity contribution is 8.14. The van der Waals surface area contributed by atoms with Gasteiger partial charge in [-0.3, -0.25) is 4.99 Å². The van der Waals surface area contributed by atoms with Crippen LogP contribution in [-0.2, 0) is 0 Å². The van der Waals surface area contributed by atoms with Crippen LogP contribution < -0.4 is 10.1 Å². The molecule has 0 bridgehead atoms. The van der Waals surface area contributed by atoms with Crippen LogP contribution in [0.2, 0.25) is 0 Å². The summed E-state index contributed by atoms with van der Waals surface area (Å²) in [7, 11) is 0. The Labute approximate surface area is 115 Å². The molecule has 1 aromatic carbocycles. The number of rotatable bonds is 4. The summed E-state index contributed by atoms with van der Waals surface area (Å²) < 4.78 is 28.3. The van der Waals surface area contributed by atoms with Crippen molar-refractivity contribution in [1.29, 1.82) is 0 Å². The zero-order chi connectivity index (χ0) is 13.8. The molecular weight excluding hydrogens is 270 g/mol. The van der Waals surface area contributed by atoms with Gasteiger partial charge in [0.2, 0.25) is 0 Å². The van der Waals surface area contributed by atoms with Gasteiger partial charge in [0.1, 0.15) is 5.75 Å². The molecule has 0 aliphatic carbocycles. The minimum Gasteiger partial charge on any atom is -0.435 e. The molecule has 0 spiro atoms. The van der Waals surface area contributed by atoms with E-state index in [9.17, 15) is 8.78 Å². The first-order valence-electron chi connectivity index (χ1n) is 6.07. The summed E-state index contributed by atoms with van der Waals surface area (Å²) >= 11 is 1.68. The Kier molecular flexibility index (Phi) is 4.63. The number of thioether (sulfide) groups is 1. The molecule has 3 nitrogen and oxygen atoms in total. The van der Waals surface area contributed by atoms with Crippen molar-refractivity contribution in [1.82, 2.24) is 0 Å². The van der Waals surface area contributed by atoms with Crippen molar-refractivity contribution >= 4 is 22.6 Å². The zero-order valence-corrected chi connectivity index (χ0v) is 11.6. The molecule has 1 unspecified atom stereocenters. The van der Waals surface area contributed by atoms with E-state index < -0.39 is 6.61 Å². The first kappa shape index (κ1) is 14.1. The molecule has 1 aromatic rings. The molecule has 19 heavy (non-hydrogen) atoms. The van der Waals surface area contributed by atoms with Crippen molar-refractivity contribution in [2.75, 3.05) is 11.1 Å². The van der Waals surface area contributed by atoms with Crippen LogP contribution in [0.4, 0.5) is 14.5 Å². The van der Waals surface area contributed by atoms with Gasteiger partial charge < -0.3 is 10.1 Å². The van der Waals surface area contributed by atoms with E-state index in [1.54, 1.807) is 23.9 Å². The van der Waals surface area contributed by atoms with E-state index in [1.807, 2.05) is 0 Å². The maximum absolute atomic E-state index is 12.0. The molecule has 1 atom stereocenters. The lowest BCUT2D eigenvalue weighted by Crippen LogP contribution is -2.12. The number of ether oxygens (including phenoxy) is 1. The van der Waals surface area contributed by atoms with Gasteiger partial charge in [0.15, 0.2) is 5.17 Å². The molecule has 0 saturated heterocycles. The van der Waals surface area contributed by atoms with Gasteiger partial charge in [0.25, 0.3) is 0 Å². The first-order chi connectivity index (χ1) is 9.04. The van der Waals surface area contributed by atoms with Crippen molar-refractivity contribution in [3.8, 4) is 5.75 Å². The third-order valence-electron chi connectivity index (χ3n) is 2.77. The molecule has 6 heteroatoms. The van der Waals surface area contributed by atoms with Gasteiger partial charge in [-0.15, -0.1) is 0 Å². The number of hydrogen-bond donors (Lipinski definition) is 1. The standard InChI is InChI=1S/C13H16F2N2OS/c1-8(2)11-7-19-13(17-11)16-9-3-5-10(6-4-9)18-12(14)15/h3-6,8,11-12H,7H2,1-2H3,(H,16,17). The van der Waals surface area contributed by atoms with Gasteiger partial charge in [-0.1, -0.05) is 25.6 Å². The van der Waals surface area contributed by atoms with Crippen molar-refractivity contribution in [2.45, 2.75) is 26.5 Å². The Morgan fingerprint density at radius 3 is 2.53 bits per heavy atom. The second-order valence-electron chi connectivity index (χ2n) is 4.58. The number of alkyl halides is 2. The van der Waals surface area contributed by atoms with Gasteiger partial charge in [0.05, 0.1) is 6.04 Å². The molecule has 0 radical (unpaired) electrons. The summed E-state index contributed by atoms with van der Waals surface area (Å²) in [6, 6.07) is 6.75. The van der Waals surface area contributed by atoms with Gasteiger partial charge >= 0.3 is 6.61 Å². The topological polar surface area (TPSA) is 33.6 Å². The second-order valence-corrected chi connectivity index (χ2v) is 5.59. The fraction of sp³-hybridized carbons (Fsp3) is 0.462. The Bertz CT molecular complexity index is 448. The summed E-state index contributed by atoms with van der Waals surface area (Å²) in [6.07, 6.45) is 0. The van der Waals surface area contributed by atoms with E-state index in [0.29, 0.717) is 12.0 Å². The van der Waals surface area contributed by atoms with Crippen LogP contribution in [-0.4, -0.2) is 23.6 Å². The van der Waals surface area contributed by atoms with Gasteiger partial charge in [-0.05, 0) is 30.2 Å². The summed E-state index contributed by atoms with van der Waals surface area (Å²) in [6.45, 7) is 1.50. The zero-order valence-electron chi connectivity index (χ0n) is 10.8. The van der Waals surface area contributed by atoms with Crippen LogP contribution in [0.25, 0.3) is 0 Å². The van der Waals surface area contributed by atoms with Gasteiger partial charge in [-0.2, -0.15) is 8.78 Å². The van der Waals surface area contributed by atoms with E-state index >= 15 is 0 Å². The van der Waals surface area contributed by atoms with Gasteiger partial charge in [-0.25, -0.2) is 0 Å². The molecule has 0 amide bonds. The fourth-order valence-electron chi connectivity index (χ4n) is 1.64.